The van der Waals surface area contributed by atoms with Crippen LogP contribution in [0.15, 0.2) is 29.2 Å². The molecular formula is C32H57N5O10SSi. The summed E-state index contributed by atoms with van der Waals surface area (Å²) in [6.45, 7) is 19.9. The minimum absolute atomic E-state index is 0.00878. The van der Waals surface area contributed by atoms with Crippen molar-refractivity contribution in [2.45, 2.75) is 122 Å². The maximum atomic E-state index is 13.5. The molecule has 280 valence electrons. The molecule has 2 atom stereocenters. The molecule has 0 bridgehead atoms. The van der Waals surface area contributed by atoms with Crippen LogP contribution in [-0.2, 0) is 33.5 Å². The second-order valence-corrected chi connectivity index (χ2v) is 21.6. The first-order valence-corrected chi connectivity index (χ1v) is 20.4. The lowest BCUT2D eigenvalue weighted by atomic mass is 10.1. The molecule has 1 rings (SSSR count). The van der Waals surface area contributed by atoms with Crippen LogP contribution in [0.4, 0.5) is 10.5 Å². The van der Waals surface area contributed by atoms with Gasteiger partial charge in [0.25, 0.3) is 5.69 Å². The number of ether oxygens (including phenoxy) is 2. The number of carbonyl (C=O) groups excluding carboxylic acids is 3. The van der Waals surface area contributed by atoms with Crippen LogP contribution in [0.1, 0.15) is 88.5 Å². The van der Waals surface area contributed by atoms with E-state index in [0.29, 0.717) is 0 Å². The Balaban J connectivity index is 3.26. The summed E-state index contributed by atoms with van der Waals surface area (Å²) >= 11 is 0. The summed E-state index contributed by atoms with van der Waals surface area (Å²) in [6, 6.07) is 5.18. The number of nitrogens with one attached hydrogen (secondary N) is 2. The maximum Gasteiger partial charge on any atom is 0.407 e. The molecule has 2 N–H and O–H groups in total. The third kappa shape index (κ3) is 15.1. The molecule has 0 aliphatic heterocycles. The second-order valence-electron chi connectivity index (χ2n) is 15.1. The molecule has 0 aromatic heterocycles. The number of esters is 1. The highest BCUT2D eigenvalue weighted by Gasteiger charge is 2.45. The van der Waals surface area contributed by atoms with E-state index in [-0.39, 0.29) is 45.1 Å². The maximum absolute atomic E-state index is 13.5. The Hall–Kier alpha value is -3.12. The van der Waals surface area contributed by atoms with Gasteiger partial charge in [-0.1, -0.05) is 39.8 Å². The van der Waals surface area contributed by atoms with Crippen LogP contribution in [0.2, 0.25) is 11.6 Å². The van der Waals surface area contributed by atoms with Crippen molar-refractivity contribution in [1.29, 1.82) is 0 Å². The number of hydrogen-bond donors (Lipinski definition) is 2. The molecule has 0 saturated carbocycles. The molecule has 0 aliphatic rings. The number of para-hydroxylation sites is 1. The van der Waals surface area contributed by atoms with Crippen LogP contribution in [0, 0.1) is 10.1 Å². The number of nitro benzene ring substituents is 1. The van der Waals surface area contributed by atoms with Crippen molar-refractivity contribution in [2.24, 2.45) is 0 Å². The van der Waals surface area contributed by atoms with Crippen LogP contribution >= 0.6 is 0 Å². The van der Waals surface area contributed by atoms with Crippen molar-refractivity contribution in [3.05, 3.63) is 34.4 Å². The average Bonchev–Trinajstić information content (AvgIpc) is 2.91. The highest BCUT2D eigenvalue weighted by atomic mass is 32.2. The molecule has 0 spiro atoms. The van der Waals surface area contributed by atoms with Gasteiger partial charge in [0, 0.05) is 32.4 Å². The third-order valence-electron chi connectivity index (χ3n) is 7.46. The number of benzene rings is 1. The first-order chi connectivity index (χ1) is 22.2. The van der Waals surface area contributed by atoms with E-state index in [1.54, 1.807) is 48.5 Å². The van der Waals surface area contributed by atoms with Crippen molar-refractivity contribution in [3.8, 4) is 0 Å². The van der Waals surface area contributed by atoms with E-state index in [4.69, 9.17) is 13.9 Å². The summed E-state index contributed by atoms with van der Waals surface area (Å²) in [6.07, 6.45) is -0.762. The Morgan fingerprint density at radius 1 is 1.00 bits per heavy atom. The number of rotatable bonds is 17. The summed E-state index contributed by atoms with van der Waals surface area (Å²) in [4.78, 5) is 48.6. The van der Waals surface area contributed by atoms with Crippen LogP contribution in [0.3, 0.4) is 0 Å². The molecule has 49 heavy (non-hydrogen) atoms. The lowest BCUT2D eigenvalue weighted by Gasteiger charge is -2.42. The van der Waals surface area contributed by atoms with Crippen molar-refractivity contribution in [1.82, 2.24) is 20.1 Å². The summed E-state index contributed by atoms with van der Waals surface area (Å²) in [5.41, 5.74) is 0.756. The zero-order chi connectivity index (χ0) is 38.0. The number of likely N-dealkylation sites (N-methyl/N-ethyl adjacent to an activating group) is 1. The third-order valence-corrected chi connectivity index (χ3v) is 14.4. The normalized spacial score (nSPS) is 14.6. The first kappa shape index (κ1) is 43.9. The standard InChI is InChI=1S/C32H57N5O10SSi/c1-13-36(48(43,44)26-19-15-14-18-25(26)37(41)42)20-16-17-24(21-27(38)34-35(11)22-28(39)45-30(2,3)4)47-49(12,32(8,9)10)23-33-29(40)46-31(5,6)7/h14-15,18-19,24H,13,16-17,20-23H2,1-12H3,(H,33,40)(H,34,38)/t24-,49?/m1/s1. The highest BCUT2D eigenvalue weighted by molar-refractivity contribution is 7.89. The van der Waals surface area contributed by atoms with Gasteiger partial charge in [-0.25, -0.2) is 18.2 Å². The van der Waals surface area contributed by atoms with E-state index >= 15 is 0 Å². The fraction of sp³-hybridized carbons (Fsp3) is 0.719. The number of carbonyl (C=O) groups is 3. The van der Waals surface area contributed by atoms with Crippen LogP contribution < -0.4 is 10.7 Å². The Kier molecular flexibility index (Phi) is 15.9. The zero-order valence-electron chi connectivity index (χ0n) is 31.2. The molecule has 0 radical (unpaired) electrons. The van der Waals surface area contributed by atoms with Crippen LogP contribution in [-0.4, -0.2) is 99.1 Å². The predicted octanol–water partition coefficient (Wildman–Crippen LogP) is 4.90. The van der Waals surface area contributed by atoms with E-state index in [0.717, 1.165) is 10.4 Å². The molecule has 0 aliphatic carbocycles. The minimum Gasteiger partial charge on any atom is -0.459 e. The second kappa shape index (κ2) is 17.7. The van der Waals surface area contributed by atoms with Gasteiger partial charge in [0.05, 0.1) is 17.4 Å². The summed E-state index contributed by atoms with van der Waals surface area (Å²) in [5, 5.41) is 15.3. The molecule has 2 amide bonds. The Morgan fingerprint density at radius 3 is 2.08 bits per heavy atom. The number of sulfonamides is 1. The van der Waals surface area contributed by atoms with E-state index in [9.17, 15) is 32.9 Å². The number of hydrogen-bond acceptors (Lipinski definition) is 11. The SMILES string of the molecule is CCN(CCC[C@H](CC(=O)NN(C)CC(=O)OC(C)(C)C)O[Si](C)(CNC(=O)OC(C)(C)C)C(C)(C)C)S(=O)(=O)c1ccccc1[N+](=O)[O-]. The zero-order valence-corrected chi connectivity index (χ0v) is 33.0. The highest BCUT2D eigenvalue weighted by Crippen LogP contribution is 2.38. The summed E-state index contributed by atoms with van der Waals surface area (Å²) < 4.78 is 45.6. The van der Waals surface area contributed by atoms with Gasteiger partial charge in [0.2, 0.25) is 24.2 Å². The van der Waals surface area contributed by atoms with Gasteiger partial charge in [0.15, 0.2) is 4.90 Å². The van der Waals surface area contributed by atoms with Crippen molar-refractivity contribution in [2.75, 3.05) is 32.8 Å². The number of amides is 2. The van der Waals surface area contributed by atoms with Crippen molar-refractivity contribution in [3.63, 3.8) is 0 Å². The lowest BCUT2D eigenvalue weighted by Crippen LogP contribution is -2.56. The quantitative estimate of drug-likeness (QED) is 0.0960. The monoisotopic (exact) mass is 731 g/mol. The van der Waals surface area contributed by atoms with Gasteiger partial charge in [-0.15, -0.1) is 0 Å². The van der Waals surface area contributed by atoms with Gasteiger partial charge in [-0.05, 0) is 72.0 Å². The van der Waals surface area contributed by atoms with Gasteiger partial charge in [-0.3, -0.25) is 25.1 Å². The van der Waals surface area contributed by atoms with Crippen LogP contribution in [0.25, 0.3) is 0 Å². The molecule has 0 fully saturated rings. The van der Waals surface area contributed by atoms with Gasteiger partial charge >= 0.3 is 12.1 Å². The van der Waals surface area contributed by atoms with Gasteiger partial charge in [0.1, 0.15) is 17.7 Å². The largest absolute Gasteiger partial charge is 0.459 e. The first-order valence-electron chi connectivity index (χ1n) is 16.3. The Labute approximate surface area is 292 Å². The molecule has 15 nitrogen and oxygen atoms in total. The van der Waals surface area contributed by atoms with Gasteiger partial charge in [-0.2, -0.15) is 4.31 Å². The molecule has 17 heteroatoms. The fourth-order valence-electron chi connectivity index (χ4n) is 4.59. The minimum atomic E-state index is -4.21. The number of hydrazine groups is 1. The molecule has 0 heterocycles. The number of nitro groups is 1. The van der Waals surface area contributed by atoms with E-state index in [2.05, 4.69) is 10.7 Å². The lowest BCUT2D eigenvalue weighted by molar-refractivity contribution is -0.387. The summed E-state index contributed by atoms with van der Waals surface area (Å²) in [5.74, 6) is -0.968. The fourth-order valence-corrected chi connectivity index (χ4v) is 8.62. The molecular weight excluding hydrogens is 675 g/mol. The van der Waals surface area contributed by atoms with E-state index in [1.807, 2.05) is 27.3 Å². The van der Waals surface area contributed by atoms with Gasteiger partial charge < -0.3 is 19.2 Å². The Bertz CT molecular complexity index is 1410. The van der Waals surface area contributed by atoms with Crippen LogP contribution in [0.5, 0.6) is 0 Å². The number of nitrogens with zero attached hydrogens (tertiary/aromatic N) is 3. The Morgan fingerprint density at radius 2 is 1.57 bits per heavy atom. The van der Waals surface area contributed by atoms with E-state index < -0.39 is 74.2 Å². The predicted molar refractivity (Wildman–Crippen MR) is 188 cm³/mol. The average molecular weight is 732 g/mol. The summed E-state index contributed by atoms with van der Waals surface area (Å²) in [7, 11) is -5.57. The number of alkyl carbamates (subject to hydrolysis) is 1. The van der Waals surface area contributed by atoms with E-state index in [1.165, 1.54) is 30.3 Å². The van der Waals surface area contributed by atoms with Crippen molar-refractivity contribution >= 4 is 42.0 Å². The smallest absolute Gasteiger partial charge is 0.407 e. The molecule has 1 aromatic carbocycles. The topological polar surface area (TPSA) is 187 Å². The molecule has 1 aromatic rings. The molecule has 0 saturated heterocycles. The molecule has 1 unspecified atom stereocenters. The van der Waals surface area contributed by atoms with Crippen molar-refractivity contribution < 1.29 is 41.6 Å².